The van der Waals surface area contributed by atoms with Gasteiger partial charge < -0.3 is 10.2 Å². The molecular weight excluding hydrogens is 364 g/mol. The van der Waals surface area contributed by atoms with Gasteiger partial charge in [0.1, 0.15) is 5.75 Å². The van der Waals surface area contributed by atoms with Crippen molar-refractivity contribution in [3.8, 4) is 5.75 Å². The van der Waals surface area contributed by atoms with Gasteiger partial charge in [0.25, 0.3) is 0 Å². The van der Waals surface area contributed by atoms with E-state index in [0.717, 1.165) is 25.2 Å². The highest BCUT2D eigenvalue weighted by atomic mass is 19.2. The highest BCUT2D eigenvalue weighted by molar-refractivity contribution is 5.97. The molecule has 4 rings (SSSR count). The van der Waals surface area contributed by atoms with Crippen LogP contribution in [0.1, 0.15) is 28.8 Å². The standard InChI is InChI=1S/C22H23F2NO3/c23-19-6-1-14(7-20(19)24)8-22(28)9-16-11-25(12-17(16)10-22)13-21(27)15-2-4-18(26)5-3-15/h1-7,16-17,26,28H,8-13H2/t16-,17+,22-. The fourth-order valence-electron chi connectivity index (χ4n) is 4.80. The Kier molecular flexibility index (Phi) is 4.93. The molecule has 2 aromatic rings. The van der Waals surface area contributed by atoms with Gasteiger partial charge in [0.15, 0.2) is 17.4 Å². The fraction of sp³-hybridized carbons (Fsp3) is 0.409. The summed E-state index contributed by atoms with van der Waals surface area (Å²) >= 11 is 0. The van der Waals surface area contributed by atoms with E-state index in [1.807, 2.05) is 0 Å². The Labute approximate surface area is 162 Å². The Bertz CT molecular complexity index is 870. The number of hydrogen-bond acceptors (Lipinski definition) is 4. The molecule has 0 spiro atoms. The van der Waals surface area contributed by atoms with Crippen molar-refractivity contribution in [1.29, 1.82) is 0 Å². The van der Waals surface area contributed by atoms with Gasteiger partial charge in [0, 0.05) is 25.1 Å². The molecule has 0 amide bonds. The predicted octanol–water partition coefficient (Wildman–Crippen LogP) is 3.17. The van der Waals surface area contributed by atoms with E-state index in [0.29, 0.717) is 48.8 Å². The minimum absolute atomic E-state index is 0.0111. The molecule has 2 N–H and O–H groups in total. The molecule has 2 fully saturated rings. The second-order valence-corrected chi connectivity index (χ2v) is 8.24. The summed E-state index contributed by atoms with van der Waals surface area (Å²) in [5, 5.41) is 20.3. The molecule has 6 heteroatoms. The number of nitrogens with zero attached hydrogens (tertiary/aromatic N) is 1. The van der Waals surface area contributed by atoms with Crippen molar-refractivity contribution in [3.63, 3.8) is 0 Å². The number of aliphatic hydroxyl groups is 1. The Morgan fingerprint density at radius 2 is 1.68 bits per heavy atom. The monoisotopic (exact) mass is 387 g/mol. The topological polar surface area (TPSA) is 60.8 Å². The van der Waals surface area contributed by atoms with Gasteiger partial charge in [-0.05, 0) is 66.6 Å². The molecule has 4 nitrogen and oxygen atoms in total. The first kappa shape index (κ1) is 19.0. The highest BCUT2D eigenvalue weighted by Gasteiger charge is 2.48. The lowest BCUT2D eigenvalue weighted by atomic mass is 9.91. The van der Waals surface area contributed by atoms with Crippen LogP contribution in [0.2, 0.25) is 0 Å². The summed E-state index contributed by atoms with van der Waals surface area (Å²) in [4.78, 5) is 14.5. The fourth-order valence-corrected chi connectivity index (χ4v) is 4.80. The number of rotatable bonds is 5. The van der Waals surface area contributed by atoms with Crippen LogP contribution in [-0.2, 0) is 6.42 Å². The van der Waals surface area contributed by atoms with E-state index in [4.69, 9.17) is 0 Å². The minimum atomic E-state index is -0.910. The zero-order chi connectivity index (χ0) is 19.9. The average Bonchev–Trinajstić information content (AvgIpc) is 3.12. The van der Waals surface area contributed by atoms with Crippen molar-refractivity contribution in [1.82, 2.24) is 4.90 Å². The number of Topliss-reactive ketones (excluding diaryl/α,β-unsaturated/α-hetero) is 1. The van der Waals surface area contributed by atoms with Crippen molar-refractivity contribution in [3.05, 3.63) is 65.2 Å². The summed E-state index contributed by atoms with van der Waals surface area (Å²) in [6.45, 7) is 1.81. The van der Waals surface area contributed by atoms with Crippen molar-refractivity contribution < 1.29 is 23.8 Å². The minimum Gasteiger partial charge on any atom is -0.508 e. The molecule has 1 saturated heterocycles. The number of carbonyl (C=O) groups is 1. The maximum Gasteiger partial charge on any atom is 0.176 e. The number of likely N-dealkylation sites (tertiary alicyclic amines) is 1. The van der Waals surface area contributed by atoms with E-state index in [1.54, 1.807) is 12.1 Å². The third kappa shape index (κ3) is 3.93. The molecule has 148 valence electrons. The second-order valence-electron chi connectivity index (χ2n) is 8.24. The van der Waals surface area contributed by atoms with Gasteiger partial charge in [-0.3, -0.25) is 9.69 Å². The number of aromatic hydroxyl groups is 1. The maximum absolute atomic E-state index is 13.4. The number of ketones is 1. The molecule has 0 bridgehead atoms. The number of halogens is 2. The summed E-state index contributed by atoms with van der Waals surface area (Å²) in [5.74, 6) is -1.04. The molecule has 2 aliphatic rings. The van der Waals surface area contributed by atoms with Gasteiger partial charge in [-0.25, -0.2) is 8.78 Å². The van der Waals surface area contributed by atoms with Crippen LogP contribution in [0.3, 0.4) is 0 Å². The van der Waals surface area contributed by atoms with Crippen LogP contribution in [0.5, 0.6) is 5.75 Å². The zero-order valence-corrected chi connectivity index (χ0v) is 15.4. The second kappa shape index (κ2) is 7.26. The van der Waals surface area contributed by atoms with Crippen molar-refractivity contribution in [2.24, 2.45) is 11.8 Å². The first-order valence-electron chi connectivity index (χ1n) is 9.52. The number of benzene rings is 2. The summed E-state index contributed by atoms with van der Waals surface area (Å²) in [5.41, 5.74) is 0.262. The van der Waals surface area contributed by atoms with E-state index >= 15 is 0 Å². The molecule has 1 aliphatic carbocycles. The summed E-state index contributed by atoms with van der Waals surface area (Å²) < 4.78 is 26.5. The van der Waals surface area contributed by atoms with Gasteiger partial charge >= 0.3 is 0 Å². The molecule has 3 atom stereocenters. The smallest absolute Gasteiger partial charge is 0.176 e. The Hall–Kier alpha value is -2.31. The van der Waals surface area contributed by atoms with E-state index in [-0.39, 0.29) is 11.5 Å². The molecule has 1 heterocycles. The van der Waals surface area contributed by atoms with Crippen LogP contribution in [0.15, 0.2) is 42.5 Å². The van der Waals surface area contributed by atoms with Gasteiger partial charge in [-0.15, -0.1) is 0 Å². The molecule has 0 unspecified atom stereocenters. The Morgan fingerprint density at radius 3 is 2.29 bits per heavy atom. The molecule has 0 radical (unpaired) electrons. The third-order valence-corrected chi connectivity index (χ3v) is 6.01. The summed E-state index contributed by atoms with van der Waals surface area (Å²) in [6.07, 6.45) is 1.50. The van der Waals surface area contributed by atoms with Crippen molar-refractivity contribution in [2.75, 3.05) is 19.6 Å². The molecule has 28 heavy (non-hydrogen) atoms. The average molecular weight is 387 g/mol. The van der Waals surface area contributed by atoms with E-state index in [9.17, 15) is 23.8 Å². The van der Waals surface area contributed by atoms with Crippen molar-refractivity contribution in [2.45, 2.75) is 24.9 Å². The number of phenols is 1. The maximum atomic E-state index is 13.4. The largest absolute Gasteiger partial charge is 0.508 e. The normalized spacial score (nSPS) is 27.1. The highest BCUT2D eigenvalue weighted by Crippen LogP contribution is 2.45. The quantitative estimate of drug-likeness (QED) is 0.774. The van der Waals surface area contributed by atoms with E-state index < -0.39 is 17.2 Å². The third-order valence-electron chi connectivity index (χ3n) is 6.01. The lowest BCUT2D eigenvalue weighted by Gasteiger charge is -2.26. The molecule has 1 aliphatic heterocycles. The number of hydrogen-bond donors (Lipinski definition) is 2. The van der Waals surface area contributed by atoms with Crippen LogP contribution in [0.4, 0.5) is 8.78 Å². The molecule has 0 aromatic heterocycles. The van der Waals surface area contributed by atoms with Crippen LogP contribution < -0.4 is 0 Å². The number of carbonyl (C=O) groups excluding carboxylic acids is 1. The number of fused-ring (bicyclic) bond motifs is 1. The van der Waals surface area contributed by atoms with Gasteiger partial charge in [0.2, 0.25) is 0 Å². The van der Waals surface area contributed by atoms with E-state index in [2.05, 4.69) is 4.90 Å². The Morgan fingerprint density at radius 1 is 1.04 bits per heavy atom. The lowest BCUT2D eigenvalue weighted by molar-refractivity contribution is 0.0355. The SMILES string of the molecule is O=C(CN1C[C@@H]2C[C@@](O)(Cc3ccc(F)c(F)c3)C[C@@H]2C1)c1ccc(O)cc1. The van der Waals surface area contributed by atoms with Gasteiger partial charge in [-0.1, -0.05) is 6.07 Å². The van der Waals surface area contributed by atoms with E-state index in [1.165, 1.54) is 18.2 Å². The Balaban J connectivity index is 1.34. The first-order chi connectivity index (χ1) is 13.3. The van der Waals surface area contributed by atoms with Crippen LogP contribution in [-0.4, -0.2) is 46.1 Å². The number of phenolic OH excluding ortho intramolecular Hbond substituents is 1. The van der Waals surface area contributed by atoms with Gasteiger partial charge in [-0.2, -0.15) is 0 Å². The molecular formula is C22H23F2NO3. The molecule has 1 saturated carbocycles. The van der Waals surface area contributed by atoms with Crippen LogP contribution in [0.25, 0.3) is 0 Å². The first-order valence-corrected chi connectivity index (χ1v) is 9.52. The molecule has 2 aromatic carbocycles. The van der Waals surface area contributed by atoms with Gasteiger partial charge in [0.05, 0.1) is 12.1 Å². The zero-order valence-electron chi connectivity index (χ0n) is 15.4. The van der Waals surface area contributed by atoms with Crippen molar-refractivity contribution >= 4 is 5.78 Å². The van der Waals surface area contributed by atoms with Crippen LogP contribution >= 0.6 is 0 Å². The van der Waals surface area contributed by atoms with Crippen LogP contribution in [0, 0.1) is 23.5 Å². The summed E-state index contributed by atoms with van der Waals surface area (Å²) in [7, 11) is 0. The summed E-state index contributed by atoms with van der Waals surface area (Å²) in [6, 6.07) is 10.0. The lowest BCUT2D eigenvalue weighted by Crippen LogP contribution is -2.34. The predicted molar refractivity (Wildman–Crippen MR) is 100 cm³/mol.